The van der Waals surface area contributed by atoms with Crippen molar-refractivity contribution in [1.29, 1.82) is 0 Å². The second-order valence-electron chi connectivity index (χ2n) is 4.95. The molecule has 2 aromatic carbocycles. The number of hydrogen-bond acceptors (Lipinski definition) is 3. The molecule has 0 unspecified atom stereocenters. The summed E-state index contributed by atoms with van der Waals surface area (Å²) in [5, 5.41) is 2.80. The molecule has 1 fully saturated rings. The van der Waals surface area contributed by atoms with E-state index < -0.39 is 0 Å². The van der Waals surface area contributed by atoms with E-state index in [1.807, 2.05) is 54.6 Å². The Hall–Kier alpha value is -2.33. The maximum Gasteiger partial charge on any atom is 0.246 e. The first-order valence-corrected chi connectivity index (χ1v) is 6.96. The van der Waals surface area contributed by atoms with Crippen molar-refractivity contribution in [3.05, 3.63) is 65.7 Å². The van der Waals surface area contributed by atoms with E-state index in [1.165, 1.54) is 0 Å². The Morgan fingerprint density at radius 1 is 1.14 bits per heavy atom. The summed E-state index contributed by atoms with van der Waals surface area (Å²) in [4.78, 5) is 11.1. The molecule has 0 aliphatic carbocycles. The smallest absolute Gasteiger partial charge is 0.246 e. The highest BCUT2D eigenvalue weighted by Crippen LogP contribution is 2.23. The van der Waals surface area contributed by atoms with Gasteiger partial charge in [-0.25, -0.2) is 0 Å². The highest BCUT2D eigenvalue weighted by molar-refractivity contribution is 5.77. The lowest BCUT2D eigenvalue weighted by Gasteiger charge is -2.23. The van der Waals surface area contributed by atoms with E-state index in [4.69, 9.17) is 9.47 Å². The van der Waals surface area contributed by atoms with E-state index in [-0.39, 0.29) is 18.6 Å². The van der Waals surface area contributed by atoms with Gasteiger partial charge in [0.1, 0.15) is 25.1 Å². The van der Waals surface area contributed by atoms with Gasteiger partial charge in [0.05, 0.1) is 0 Å². The molecule has 1 heterocycles. The minimum absolute atomic E-state index is 0.0669. The van der Waals surface area contributed by atoms with Gasteiger partial charge in [0.15, 0.2) is 0 Å². The Morgan fingerprint density at radius 3 is 2.76 bits per heavy atom. The average Bonchev–Trinajstić information content (AvgIpc) is 2.55. The first-order valence-electron chi connectivity index (χ1n) is 6.96. The number of amides is 1. The van der Waals surface area contributed by atoms with Crippen molar-refractivity contribution in [3.8, 4) is 5.75 Å². The lowest BCUT2D eigenvalue weighted by molar-refractivity contribution is -0.133. The van der Waals surface area contributed by atoms with Crippen LogP contribution in [-0.4, -0.2) is 19.1 Å². The van der Waals surface area contributed by atoms with Gasteiger partial charge in [-0.3, -0.25) is 4.79 Å². The average molecular weight is 283 g/mol. The number of ether oxygens (including phenoxy) is 2. The molecule has 1 aliphatic heterocycles. The predicted molar refractivity (Wildman–Crippen MR) is 78.9 cm³/mol. The van der Waals surface area contributed by atoms with Crippen LogP contribution < -0.4 is 10.1 Å². The summed E-state index contributed by atoms with van der Waals surface area (Å²) in [5.74, 6) is 0.736. The molecule has 4 heteroatoms. The summed E-state index contributed by atoms with van der Waals surface area (Å²) in [6.07, 6.45) is -0.108. The monoisotopic (exact) mass is 283 g/mol. The van der Waals surface area contributed by atoms with Crippen LogP contribution >= 0.6 is 0 Å². The van der Waals surface area contributed by atoms with Crippen LogP contribution in [0.3, 0.4) is 0 Å². The van der Waals surface area contributed by atoms with Gasteiger partial charge in [0.2, 0.25) is 5.91 Å². The standard InChI is InChI=1S/C17H17NO3/c19-17-12-21-16(10-18-17)14-7-4-8-15(9-14)20-11-13-5-2-1-3-6-13/h1-9,16H,10-12H2,(H,18,19)/t16-/m0/s1. The van der Waals surface area contributed by atoms with Gasteiger partial charge in [0, 0.05) is 6.54 Å². The largest absolute Gasteiger partial charge is 0.489 e. The molecule has 0 aromatic heterocycles. The quantitative estimate of drug-likeness (QED) is 0.937. The summed E-state index contributed by atoms with van der Waals surface area (Å²) < 4.78 is 11.3. The molecule has 3 rings (SSSR count). The molecular formula is C17H17NO3. The molecule has 1 N–H and O–H groups in total. The Balaban J connectivity index is 1.64. The second-order valence-corrected chi connectivity index (χ2v) is 4.95. The first kappa shape index (κ1) is 13.6. The molecular weight excluding hydrogens is 266 g/mol. The summed E-state index contributed by atoms with van der Waals surface area (Å²) >= 11 is 0. The van der Waals surface area contributed by atoms with Gasteiger partial charge >= 0.3 is 0 Å². The van der Waals surface area contributed by atoms with Gasteiger partial charge in [0.25, 0.3) is 0 Å². The summed E-state index contributed by atoms with van der Waals surface area (Å²) in [5.41, 5.74) is 2.14. The van der Waals surface area contributed by atoms with Crippen molar-refractivity contribution in [2.75, 3.05) is 13.2 Å². The first-order chi connectivity index (χ1) is 10.3. The molecule has 1 saturated heterocycles. The summed E-state index contributed by atoms with van der Waals surface area (Å²) in [6, 6.07) is 17.8. The minimum Gasteiger partial charge on any atom is -0.489 e. The number of nitrogens with one attached hydrogen (secondary N) is 1. The SMILES string of the molecule is O=C1CO[C@H](c2cccc(OCc3ccccc3)c2)CN1. The Kier molecular flexibility index (Phi) is 4.17. The van der Waals surface area contributed by atoms with Crippen molar-refractivity contribution >= 4 is 5.91 Å². The highest BCUT2D eigenvalue weighted by atomic mass is 16.5. The van der Waals surface area contributed by atoms with Crippen LogP contribution in [0.5, 0.6) is 5.75 Å². The molecule has 0 radical (unpaired) electrons. The molecule has 0 bridgehead atoms. The van der Waals surface area contributed by atoms with Crippen molar-refractivity contribution in [2.24, 2.45) is 0 Å². The lowest BCUT2D eigenvalue weighted by atomic mass is 10.1. The molecule has 2 aromatic rings. The van der Waals surface area contributed by atoms with Gasteiger partial charge < -0.3 is 14.8 Å². The van der Waals surface area contributed by atoms with Crippen LogP contribution in [0.25, 0.3) is 0 Å². The topological polar surface area (TPSA) is 47.6 Å². The Bertz CT molecular complexity index is 602. The third-order valence-corrected chi connectivity index (χ3v) is 3.38. The number of hydrogen-bond donors (Lipinski definition) is 1. The molecule has 0 spiro atoms. The zero-order valence-electron chi connectivity index (χ0n) is 11.6. The molecule has 1 amide bonds. The number of rotatable bonds is 4. The van der Waals surface area contributed by atoms with Crippen molar-refractivity contribution in [2.45, 2.75) is 12.7 Å². The number of carbonyl (C=O) groups excluding carboxylic acids is 1. The zero-order valence-corrected chi connectivity index (χ0v) is 11.6. The lowest BCUT2D eigenvalue weighted by Crippen LogP contribution is -2.38. The predicted octanol–water partition coefficient (Wildman–Crippen LogP) is 2.45. The second kappa shape index (κ2) is 6.41. The van der Waals surface area contributed by atoms with Crippen LogP contribution in [-0.2, 0) is 16.1 Å². The fourth-order valence-electron chi connectivity index (χ4n) is 2.25. The van der Waals surface area contributed by atoms with Gasteiger partial charge in [-0.1, -0.05) is 42.5 Å². The van der Waals surface area contributed by atoms with Crippen LogP contribution in [0.4, 0.5) is 0 Å². The van der Waals surface area contributed by atoms with E-state index in [1.54, 1.807) is 0 Å². The fourth-order valence-corrected chi connectivity index (χ4v) is 2.25. The highest BCUT2D eigenvalue weighted by Gasteiger charge is 2.20. The normalized spacial score (nSPS) is 18.1. The summed E-state index contributed by atoms with van der Waals surface area (Å²) in [7, 11) is 0. The van der Waals surface area contributed by atoms with Gasteiger partial charge in [-0.05, 0) is 23.3 Å². The molecule has 21 heavy (non-hydrogen) atoms. The van der Waals surface area contributed by atoms with E-state index in [0.29, 0.717) is 13.2 Å². The van der Waals surface area contributed by atoms with Crippen molar-refractivity contribution in [1.82, 2.24) is 5.32 Å². The van der Waals surface area contributed by atoms with Crippen molar-refractivity contribution < 1.29 is 14.3 Å². The van der Waals surface area contributed by atoms with E-state index in [2.05, 4.69) is 5.32 Å². The van der Waals surface area contributed by atoms with Gasteiger partial charge in [-0.2, -0.15) is 0 Å². The molecule has 4 nitrogen and oxygen atoms in total. The van der Waals surface area contributed by atoms with Crippen molar-refractivity contribution in [3.63, 3.8) is 0 Å². The third kappa shape index (κ3) is 3.61. The van der Waals surface area contributed by atoms with E-state index >= 15 is 0 Å². The van der Waals surface area contributed by atoms with Crippen LogP contribution in [0.1, 0.15) is 17.2 Å². The fraction of sp³-hybridized carbons (Fsp3) is 0.235. The summed E-state index contributed by atoms with van der Waals surface area (Å²) in [6.45, 7) is 1.15. The van der Waals surface area contributed by atoms with Crippen LogP contribution in [0.2, 0.25) is 0 Å². The molecule has 1 atom stereocenters. The van der Waals surface area contributed by atoms with E-state index in [9.17, 15) is 4.79 Å². The Morgan fingerprint density at radius 2 is 2.00 bits per heavy atom. The number of carbonyl (C=O) groups is 1. The van der Waals surface area contributed by atoms with Crippen LogP contribution in [0, 0.1) is 0 Å². The molecule has 1 aliphatic rings. The zero-order chi connectivity index (χ0) is 14.5. The molecule has 108 valence electrons. The number of morpholine rings is 1. The maximum atomic E-state index is 11.1. The van der Waals surface area contributed by atoms with E-state index in [0.717, 1.165) is 16.9 Å². The number of benzene rings is 2. The third-order valence-electron chi connectivity index (χ3n) is 3.38. The van der Waals surface area contributed by atoms with Crippen LogP contribution in [0.15, 0.2) is 54.6 Å². The maximum absolute atomic E-state index is 11.1. The minimum atomic E-state index is -0.108. The Labute approximate surface area is 123 Å². The van der Waals surface area contributed by atoms with Gasteiger partial charge in [-0.15, -0.1) is 0 Å². The molecule has 0 saturated carbocycles.